The molecule has 56 valence electrons. The van der Waals surface area contributed by atoms with Crippen LogP contribution in [0.5, 0.6) is 0 Å². The summed E-state index contributed by atoms with van der Waals surface area (Å²) in [7, 11) is 3.26. The van der Waals surface area contributed by atoms with Crippen LogP contribution in [-0.4, -0.2) is 30.6 Å². The summed E-state index contributed by atoms with van der Waals surface area (Å²) in [4.78, 5) is 0. The first-order valence-electron chi connectivity index (χ1n) is 3.39. The quantitative estimate of drug-likeness (QED) is 0.467. The number of ether oxygens (including phenoxy) is 1. The lowest BCUT2D eigenvalue weighted by atomic mass is 10.4. The standard InChI is InChI=1S/C4H10OSi.C2H6O/c1-2-4-6-5-3-1;1-3-2/h1-4,6H2;1-2H3. The van der Waals surface area contributed by atoms with Gasteiger partial charge >= 0.3 is 0 Å². The monoisotopic (exact) mass is 148 g/mol. The Kier molecular flexibility index (Phi) is 8.26. The highest BCUT2D eigenvalue weighted by Gasteiger charge is 1.96. The summed E-state index contributed by atoms with van der Waals surface area (Å²) in [5.74, 6) is 0. The van der Waals surface area contributed by atoms with Gasteiger partial charge in [-0.3, -0.25) is 0 Å². The van der Waals surface area contributed by atoms with Crippen LogP contribution in [0.4, 0.5) is 0 Å². The fourth-order valence-electron chi connectivity index (χ4n) is 0.687. The third-order valence-corrected chi connectivity index (χ3v) is 2.44. The Bertz CT molecular complexity index is 34.8. The van der Waals surface area contributed by atoms with Crippen molar-refractivity contribution < 1.29 is 9.16 Å². The van der Waals surface area contributed by atoms with E-state index < -0.39 is 0 Å². The number of methoxy groups -OCH3 is 1. The Morgan fingerprint density at radius 2 is 2.00 bits per heavy atom. The zero-order valence-corrected chi connectivity index (χ0v) is 7.77. The second-order valence-corrected chi connectivity index (χ2v) is 3.60. The average Bonchev–Trinajstić information content (AvgIpc) is 1.93. The van der Waals surface area contributed by atoms with Gasteiger partial charge in [-0.15, -0.1) is 0 Å². The maximum Gasteiger partial charge on any atom is 0.161 e. The lowest BCUT2D eigenvalue weighted by Gasteiger charge is -2.07. The summed E-state index contributed by atoms with van der Waals surface area (Å²) in [6, 6.07) is 1.42. The lowest BCUT2D eigenvalue weighted by molar-refractivity contribution is 0.277. The summed E-state index contributed by atoms with van der Waals surface area (Å²) in [5.41, 5.74) is 0. The Balaban J connectivity index is 0.000000187. The summed E-state index contributed by atoms with van der Waals surface area (Å²) >= 11 is 0. The number of hydrogen-bond acceptors (Lipinski definition) is 2. The highest BCUT2D eigenvalue weighted by atomic mass is 28.2. The Hall–Kier alpha value is 0.137. The van der Waals surface area contributed by atoms with E-state index in [4.69, 9.17) is 4.43 Å². The molecule has 1 heterocycles. The predicted molar refractivity (Wildman–Crippen MR) is 41.5 cm³/mol. The molecule has 0 aromatic carbocycles. The highest BCUT2D eigenvalue weighted by Crippen LogP contribution is 2.01. The molecular formula is C6H16O2Si. The van der Waals surface area contributed by atoms with Crippen LogP contribution in [0.2, 0.25) is 6.04 Å². The van der Waals surface area contributed by atoms with E-state index in [2.05, 4.69) is 4.74 Å². The summed E-state index contributed by atoms with van der Waals surface area (Å²) in [6.45, 7) is 1.06. The smallest absolute Gasteiger partial charge is 0.161 e. The molecule has 9 heavy (non-hydrogen) atoms. The molecular weight excluding hydrogens is 132 g/mol. The van der Waals surface area contributed by atoms with Gasteiger partial charge in [-0.2, -0.15) is 0 Å². The van der Waals surface area contributed by atoms with E-state index in [0.717, 1.165) is 6.61 Å². The summed E-state index contributed by atoms with van der Waals surface area (Å²) in [5, 5.41) is 0. The fraction of sp³-hybridized carbons (Fsp3) is 1.00. The van der Waals surface area contributed by atoms with Crippen molar-refractivity contribution in [2.75, 3.05) is 20.8 Å². The van der Waals surface area contributed by atoms with Crippen molar-refractivity contribution in [3.8, 4) is 0 Å². The molecule has 0 amide bonds. The molecule has 1 aliphatic rings. The fourth-order valence-corrected chi connectivity index (χ4v) is 1.86. The van der Waals surface area contributed by atoms with Crippen molar-refractivity contribution in [2.24, 2.45) is 0 Å². The predicted octanol–water partition coefficient (Wildman–Crippen LogP) is 0.561. The highest BCUT2D eigenvalue weighted by molar-refractivity contribution is 6.27. The molecule has 0 radical (unpaired) electrons. The van der Waals surface area contributed by atoms with Gasteiger partial charge in [-0.05, 0) is 12.5 Å². The zero-order valence-electron chi connectivity index (χ0n) is 6.35. The van der Waals surface area contributed by atoms with Crippen molar-refractivity contribution in [2.45, 2.75) is 18.9 Å². The van der Waals surface area contributed by atoms with Crippen LogP contribution in [0.25, 0.3) is 0 Å². The van der Waals surface area contributed by atoms with Crippen LogP contribution in [0.15, 0.2) is 0 Å². The molecule has 0 saturated carbocycles. The van der Waals surface area contributed by atoms with Crippen molar-refractivity contribution >= 4 is 9.76 Å². The van der Waals surface area contributed by atoms with E-state index in [9.17, 15) is 0 Å². The second kappa shape index (κ2) is 8.14. The van der Waals surface area contributed by atoms with Gasteiger partial charge in [-0.1, -0.05) is 6.42 Å². The topological polar surface area (TPSA) is 18.5 Å². The van der Waals surface area contributed by atoms with Gasteiger partial charge in [0.05, 0.1) is 0 Å². The SMILES string of the molecule is C1CC[SiH2]OC1.COC. The number of rotatable bonds is 0. The van der Waals surface area contributed by atoms with Gasteiger partial charge in [0.1, 0.15) is 0 Å². The Morgan fingerprint density at radius 3 is 2.11 bits per heavy atom. The van der Waals surface area contributed by atoms with Gasteiger partial charge in [0.25, 0.3) is 0 Å². The maximum atomic E-state index is 5.21. The zero-order chi connectivity index (χ0) is 6.95. The van der Waals surface area contributed by atoms with E-state index in [1.807, 2.05) is 0 Å². The van der Waals surface area contributed by atoms with E-state index >= 15 is 0 Å². The molecule has 0 bridgehead atoms. The van der Waals surface area contributed by atoms with Crippen molar-refractivity contribution in [1.82, 2.24) is 0 Å². The second-order valence-electron chi connectivity index (χ2n) is 2.08. The minimum atomic E-state index is 0.00849. The van der Waals surface area contributed by atoms with Crippen molar-refractivity contribution in [1.29, 1.82) is 0 Å². The molecule has 0 spiro atoms. The minimum absolute atomic E-state index is 0.00849. The molecule has 0 aliphatic carbocycles. The largest absolute Gasteiger partial charge is 0.424 e. The summed E-state index contributed by atoms with van der Waals surface area (Å²) < 4.78 is 9.46. The number of hydrogen-bond donors (Lipinski definition) is 0. The van der Waals surface area contributed by atoms with Gasteiger partial charge in [0.15, 0.2) is 9.76 Å². The van der Waals surface area contributed by atoms with Crippen LogP contribution >= 0.6 is 0 Å². The first-order chi connectivity index (χ1) is 4.41. The lowest BCUT2D eigenvalue weighted by Crippen LogP contribution is -2.06. The third kappa shape index (κ3) is 8.14. The van der Waals surface area contributed by atoms with Crippen LogP contribution in [0, 0.1) is 0 Å². The first-order valence-corrected chi connectivity index (χ1v) is 4.97. The molecule has 0 atom stereocenters. The van der Waals surface area contributed by atoms with Crippen molar-refractivity contribution in [3.63, 3.8) is 0 Å². The van der Waals surface area contributed by atoms with Crippen LogP contribution < -0.4 is 0 Å². The molecule has 0 aromatic heterocycles. The van der Waals surface area contributed by atoms with Gasteiger partial charge < -0.3 is 9.16 Å². The molecule has 2 nitrogen and oxygen atoms in total. The molecule has 1 rings (SSSR count). The minimum Gasteiger partial charge on any atom is -0.424 e. The van der Waals surface area contributed by atoms with E-state index in [-0.39, 0.29) is 9.76 Å². The van der Waals surface area contributed by atoms with Crippen LogP contribution in [0.1, 0.15) is 12.8 Å². The van der Waals surface area contributed by atoms with Crippen LogP contribution in [0.3, 0.4) is 0 Å². The molecule has 0 unspecified atom stereocenters. The van der Waals surface area contributed by atoms with Gasteiger partial charge in [0.2, 0.25) is 0 Å². The van der Waals surface area contributed by atoms with E-state index in [1.54, 1.807) is 14.2 Å². The molecule has 1 fully saturated rings. The van der Waals surface area contributed by atoms with Crippen LogP contribution in [-0.2, 0) is 9.16 Å². The van der Waals surface area contributed by atoms with E-state index in [1.165, 1.54) is 18.9 Å². The Labute approximate surface area is 59.5 Å². The Morgan fingerprint density at radius 1 is 1.33 bits per heavy atom. The molecule has 1 saturated heterocycles. The normalized spacial score (nSPS) is 20.7. The maximum absolute atomic E-state index is 5.21. The molecule has 1 aliphatic heterocycles. The molecule has 3 heteroatoms. The molecule has 0 aromatic rings. The third-order valence-electron chi connectivity index (χ3n) is 1.08. The molecule has 0 N–H and O–H groups in total. The van der Waals surface area contributed by atoms with E-state index in [0.29, 0.717) is 0 Å². The van der Waals surface area contributed by atoms with Gasteiger partial charge in [0, 0.05) is 20.8 Å². The average molecular weight is 148 g/mol. The first kappa shape index (κ1) is 9.14. The van der Waals surface area contributed by atoms with Gasteiger partial charge in [-0.25, -0.2) is 0 Å². The van der Waals surface area contributed by atoms with Crippen molar-refractivity contribution in [3.05, 3.63) is 0 Å². The summed E-state index contributed by atoms with van der Waals surface area (Å²) in [6.07, 6.45) is 2.75.